The third-order valence-electron chi connectivity index (χ3n) is 4.65. The Labute approximate surface area is 170 Å². The van der Waals surface area contributed by atoms with Crippen molar-refractivity contribution in [1.82, 2.24) is 20.2 Å². The van der Waals surface area contributed by atoms with E-state index in [2.05, 4.69) is 15.3 Å². The number of rotatable bonds is 6. The van der Waals surface area contributed by atoms with E-state index in [4.69, 9.17) is 10.5 Å². The number of carbonyl (C=O) groups is 2. The zero-order valence-electron chi connectivity index (χ0n) is 15.9. The van der Waals surface area contributed by atoms with Gasteiger partial charge in [-0.1, -0.05) is 0 Å². The van der Waals surface area contributed by atoms with Crippen LogP contribution in [0.1, 0.15) is 28.5 Å². The number of aromatic nitrogens is 2. The van der Waals surface area contributed by atoms with E-state index in [9.17, 15) is 18.4 Å². The maximum atomic E-state index is 13.5. The van der Waals surface area contributed by atoms with Crippen molar-refractivity contribution in [2.75, 3.05) is 31.1 Å². The number of piperazine rings is 1. The number of urea groups is 1. The molecule has 1 aromatic carbocycles. The molecule has 2 heterocycles. The minimum atomic E-state index is -1.15. The van der Waals surface area contributed by atoms with Gasteiger partial charge in [-0.25, -0.2) is 28.3 Å². The highest BCUT2D eigenvalue weighted by atomic mass is 19.1. The van der Waals surface area contributed by atoms with Crippen LogP contribution in [0.2, 0.25) is 0 Å². The highest BCUT2D eigenvalue weighted by Gasteiger charge is 2.25. The Morgan fingerprint density at radius 3 is 2.47 bits per heavy atom. The number of nitrogens with one attached hydrogen (secondary N) is 2. The Kier molecular flexibility index (Phi) is 6.50. The number of carboxylic acid groups (broad SMARTS) is 1. The first-order chi connectivity index (χ1) is 14.4. The van der Waals surface area contributed by atoms with Crippen molar-refractivity contribution >= 4 is 24.2 Å². The Balaban J connectivity index is 1.63. The molecule has 1 fully saturated rings. The summed E-state index contributed by atoms with van der Waals surface area (Å²) in [5, 5.41) is 19.1. The highest BCUT2D eigenvalue weighted by Crippen LogP contribution is 2.20. The fourth-order valence-corrected chi connectivity index (χ4v) is 3.14. The summed E-state index contributed by atoms with van der Waals surface area (Å²) in [6.07, 6.45) is 2.52. The lowest BCUT2D eigenvalue weighted by molar-refractivity contribution is 0.0690. The van der Waals surface area contributed by atoms with Crippen LogP contribution in [0.15, 0.2) is 30.5 Å². The van der Waals surface area contributed by atoms with Crippen molar-refractivity contribution in [3.8, 4) is 0 Å². The third-order valence-corrected chi connectivity index (χ3v) is 4.65. The molecule has 3 rings (SSSR count). The van der Waals surface area contributed by atoms with E-state index in [0.717, 1.165) is 24.4 Å². The lowest BCUT2D eigenvalue weighted by Gasteiger charge is -2.35. The first kappa shape index (κ1) is 21.1. The van der Waals surface area contributed by atoms with Crippen molar-refractivity contribution in [2.45, 2.75) is 12.5 Å². The molecule has 0 aliphatic carbocycles. The lowest BCUT2D eigenvalue weighted by atomic mass is 10.0. The minimum Gasteiger partial charge on any atom is -0.477 e. The predicted octanol–water partition coefficient (Wildman–Crippen LogP) is 2.07. The van der Waals surface area contributed by atoms with E-state index >= 15 is 0 Å². The van der Waals surface area contributed by atoms with Gasteiger partial charge in [0.25, 0.3) is 0 Å². The molecular formula is C19H20F2N6O3. The number of amides is 2. The van der Waals surface area contributed by atoms with Crippen LogP contribution in [0, 0.1) is 17.0 Å². The summed E-state index contributed by atoms with van der Waals surface area (Å²) in [6, 6.07) is 3.13. The highest BCUT2D eigenvalue weighted by molar-refractivity contribution is 5.85. The van der Waals surface area contributed by atoms with Crippen molar-refractivity contribution in [3.63, 3.8) is 0 Å². The Morgan fingerprint density at radius 1 is 1.20 bits per heavy atom. The van der Waals surface area contributed by atoms with Crippen molar-refractivity contribution in [2.24, 2.45) is 0 Å². The van der Waals surface area contributed by atoms with Crippen LogP contribution < -0.4 is 10.2 Å². The SMILES string of the molecule is N=CC[C@H](NC(=O)N1CCN(c2nccc(C(=O)O)n2)CC1)c1cc(F)cc(F)c1. The van der Waals surface area contributed by atoms with Gasteiger partial charge in [-0.05, 0) is 30.0 Å². The number of aromatic carboxylic acids is 1. The van der Waals surface area contributed by atoms with Gasteiger partial charge in [-0.3, -0.25) is 0 Å². The summed E-state index contributed by atoms with van der Waals surface area (Å²) in [7, 11) is 0. The molecule has 1 aliphatic heterocycles. The molecule has 2 amide bonds. The second-order valence-electron chi connectivity index (χ2n) is 6.67. The summed E-state index contributed by atoms with van der Waals surface area (Å²) in [6.45, 7) is 1.42. The summed E-state index contributed by atoms with van der Waals surface area (Å²) in [5.41, 5.74) is 0.124. The van der Waals surface area contributed by atoms with Gasteiger partial charge in [0, 0.05) is 44.9 Å². The molecule has 0 unspecified atom stereocenters. The van der Waals surface area contributed by atoms with E-state index in [1.807, 2.05) is 0 Å². The molecule has 0 saturated carbocycles. The second kappa shape index (κ2) is 9.25. The van der Waals surface area contributed by atoms with Gasteiger partial charge in [0.15, 0.2) is 5.69 Å². The smallest absolute Gasteiger partial charge is 0.354 e. The average Bonchev–Trinajstić information content (AvgIpc) is 2.73. The predicted molar refractivity (Wildman–Crippen MR) is 104 cm³/mol. The van der Waals surface area contributed by atoms with Gasteiger partial charge < -0.3 is 25.6 Å². The first-order valence-corrected chi connectivity index (χ1v) is 9.19. The van der Waals surface area contributed by atoms with Crippen LogP contribution >= 0.6 is 0 Å². The van der Waals surface area contributed by atoms with Crippen molar-refractivity contribution < 1.29 is 23.5 Å². The van der Waals surface area contributed by atoms with E-state index < -0.39 is 29.7 Å². The lowest BCUT2D eigenvalue weighted by Crippen LogP contribution is -2.52. The topological polar surface area (TPSA) is 123 Å². The second-order valence-corrected chi connectivity index (χ2v) is 6.67. The van der Waals surface area contributed by atoms with Crippen molar-refractivity contribution in [3.05, 3.63) is 53.4 Å². The van der Waals surface area contributed by atoms with Crippen LogP contribution in [0.4, 0.5) is 19.5 Å². The van der Waals surface area contributed by atoms with Gasteiger partial charge in [0.05, 0.1) is 6.04 Å². The van der Waals surface area contributed by atoms with Gasteiger partial charge in [0.1, 0.15) is 11.6 Å². The van der Waals surface area contributed by atoms with Crippen LogP contribution in [0.25, 0.3) is 0 Å². The Bertz CT molecular complexity index is 929. The molecule has 11 heteroatoms. The molecule has 0 bridgehead atoms. The van der Waals surface area contributed by atoms with Gasteiger partial charge in [-0.2, -0.15) is 0 Å². The van der Waals surface area contributed by atoms with E-state index in [1.54, 1.807) is 4.90 Å². The normalized spacial score (nSPS) is 14.9. The number of hydrogen-bond acceptors (Lipinski definition) is 6. The number of carboxylic acids is 1. The molecule has 1 aliphatic rings. The minimum absolute atomic E-state index is 0.0877. The molecule has 1 saturated heterocycles. The molecule has 0 radical (unpaired) electrons. The zero-order chi connectivity index (χ0) is 21.7. The zero-order valence-corrected chi connectivity index (χ0v) is 15.9. The van der Waals surface area contributed by atoms with E-state index in [1.165, 1.54) is 17.2 Å². The monoisotopic (exact) mass is 418 g/mol. The summed E-state index contributed by atoms with van der Waals surface area (Å²) in [5.74, 6) is -2.40. The number of carbonyl (C=O) groups excluding carboxylic acids is 1. The molecule has 1 atom stereocenters. The third kappa shape index (κ3) is 5.04. The number of anilines is 1. The van der Waals surface area contributed by atoms with Gasteiger partial charge in [-0.15, -0.1) is 0 Å². The standard InChI is InChI=1S/C19H20F2N6O3/c20-13-9-12(10-14(21)11-13)15(1-3-22)25-19(30)27-7-5-26(6-8-27)18-23-4-2-16(24-18)17(28)29/h2-4,9-11,15,22H,1,5-8H2,(H,25,30)(H,28,29)/t15-/m0/s1. The molecule has 30 heavy (non-hydrogen) atoms. The Morgan fingerprint density at radius 2 is 1.87 bits per heavy atom. The molecular weight excluding hydrogens is 398 g/mol. The van der Waals surface area contributed by atoms with Gasteiger partial charge >= 0.3 is 12.0 Å². The largest absolute Gasteiger partial charge is 0.477 e. The summed E-state index contributed by atoms with van der Waals surface area (Å²) < 4.78 is 27.1. The molecule has 1 aromatic heterocycles. The molecule has 3 N–H and O–H groups in total. The number of halogens is 2. The van der Waals surface area contributed by atoms with Crippen LogP contribution in [0.5, 0.6) is 0 Å². The molecule has 2 aromatic rings. The van der Waals surface area contributed by atoms with Gasteiger partial charge in [0.2, 0.25) is 5.95 Å². The fraction of sp³-hybridized carbons (Fsp3) is 0.316. The number of benzene rings is 1. The van der Waals surface area contributed by atoms with Crippen LogP contribution in [0.3, 0.4) is 0 Å². The molecule has 9 nitrogen and oxygen atoms in total. The molecule has 158 valence electrons. The van der Waals surface area contributed by atoms with Crippen LogP contribution in [-0.2, 0) is 0 Å². The summed E-state index contributed by atoms with van der Waals surface area (Å²) >= 11 is 0. The Hall–Kier alpha value is -3.63. The number of nitrogens with zero attached hydrogens (tertiary/aromatic N) is 4. The number of hydrogen-bond donors (Lipinski definition) is 3. The molecule has 0 spiro atoms. The average molecular weight is 418 g/mol. The van der Waals surface area contributed by atoms with E-state index in [0.29, 0.717) is 26.2 Å². The van der Waals surface area contributed by atoms with E-state index in [-0.39, 0.29) is 23.6 Å². The maximum absolute atomic E-state index is 13.5. The van der Waals surface area contributed by atoms with Crippen molar-refractivity contribution in [1.29, 1.82) is 5.41 Å². The summed E-state index contributed by atoms with van der Waals surface area (Å²) in [4.78, 5) is 35.1. The fourth-order valence-electron chi connectivity index (χ4n) is 3.14. The van der Waals surface area contributed by atoms with Crippen LogP contribution in [-0.4, -0.2) is 64.4 Å². The quantitative estimate of drug-likeness (QED) is 0.618. The first-order valence-electron chi connectivity index (χ1n) is 9.19. The maximum Gasteiger partial charge on any atom is 0.354 e.